The number of hydrogen-bond donors (Lipinski definition) is 0. The number of anilines is 1. The second-order valence-corrected chi connectivity index (χ2v) is 6.11. The summed E-state index contributed by atoms with van der Waals surface area (Å²) >= 11 is 0. The van der Waals surface area contributed by atoms with E-state index in [4.69, 9.17) is 0 Å². The van der Waals surface area contributed by atoms with Crippen molar-refractivity contribution in [3.8, 4) is 17.9 Å². The van der Waals surface area contributed by atoms with Crippen molar-refractivity contribution < 1.29 is 0 Å². The van der Waals surface area contributed by atoms with Gasteiger partial charge in [-0.25, -0.2) is 19.9 Å². The lowest BCUT2D eigenvalue weighted by Crippen LogP contribution is -2.52. The van der Waals surface area contributed by atoms with E-state index in [2.05, 4.69) is 47.6 Å². The van der Waals surface area contributed by atoms with Crippen LogP contribution < -0.4 is 4.90 Å². The second-order valence-electron chi connectivity index (χ2n) is 6.11. The number of nitriles is 1. The Morgan fingerprint density at radius 2 is 1.84 bits per heavy atom. The molecule has 2 aromatic heterocycles. The van der Waals surface area contributed by atoms with E-state index in [9.17, 15) is 5.26 Å². The third-order valence-electron chi connectivity index (χ3n) is 4.70. The minimum absolute atomic E-state index is 0.244. The molecule has 0 saturated carbocycles. The van der Waals surface area contributed by atoms with Crippen molar-refractivity contribution in [1.29, 1.82) is 5.26 Å². The molecule has 0 unspecified atom stereocenters. The van der Waals surface area contributed by atoms with Gasteiger partial charge in [-0.05, 0) is 24.8 Å². The molecule has 0 radical (unpaired) electrons. The zero-order valence-electron chi connectivity index (χ0n) is 13.7. The Morgan fingerprint density at radius 1 is 1.00 bits per heavy atom. The molecule has 2 aromatic rings. The summed E-state index contributed by atoms with van der Waals surface area (Å²) in [4.78, 5) is 21.4. The Bertz CT molecular complexity index is 849. The third-order valence-corrected chi connectivity index (χ3v) is 4.70. The van der Waals surface area contributed by atoms with Crippen LogP contribution in [0, 0.1) is 23.2 Å². The fourth-order valence-electron chi connectivity index (χ4n) is 3.55. The van der Waals surface area contributed by atoms with E-state index in [0.717, 1.165) is 32.5 Å². The molecule has 2 fully saturated rings. The predicted molar refractivity (Wildman–Crippen MR) is 91.4 cm³/mol. The zero-order valence-corrected chi connectivity index (χ0v) is 13.7. The number of rotatable bonds is 1. The molecule has 0 spiro atoms. The summed E-state index contributed by atoms with van der Waals surface area (Å²) in [5.74, 6) is 7.68. The van der Waals surface area contributed by atoms with Crippen LogP contribution in [0.5, 0.6) is 0 Å². The smallest absolute Gasteiger partial charge is 0.204 e. The summed E-state index contributed by atoms with van der Waals surface area (Å²) in [6.07, 6.45) is 8.76. The van der Waals surface area contributed by atoms with Gasteiger partial charge in [0.05, 0.1) is 6.04 Å². The minimum atomic E-state index is 0.244. The molecule has 0 amide bonds. The van der Waals surface area contributed by atoms with E-state index in [0.29, 0.717) is 23.4 Å². The number of fused-ring (bicyclic) bond motifs is 1. The number of piperazine rings is 1. The average molecular weight is 331 g/mol. The zero-order chi connectivity index (χ0) is 17.1. The monoisotopic (exact) mass is 331 g/mol. The fraction of sp³-hybridized carbons (Fsp3) is 0.389. The first-order chi connectivity index (χ1) is 12.3. The highest BCUT2D eigenvalue weighted by molar-refractivity contribution is 5.50. The Labute approximate surface area is 146 Å². The van der Waals surface area contributed by atoms with Gasteiger partial charge in [0.25, 0.3) is 0 Å². The molecule has 0 aliphatic carbocycles. The molecule has 2 aliphatic rings. The van der Waals surface area contributed by atoms with Crippen LogP contribution in [0.25, 0.3) is 0 Å². The highest BCUT2D eigenvalue weighted by Crippen LogP contribution is 2.29. The molecule has 7 nitrogen and oxygen atoms in total. The van der Waals surface area contributed by atoms with Crippen LogP contribution in [0.3, 0.4) is 0 Å². The molecular formula is C18H17N7. The minimum Gasteiger partial charge on any atom is -0.351 e. The Hall–Kier alpha value is -3.03. The van der Waals surface area contributed by atoms with E-state index >= 15 is 0 Å². The Balaban J connectivity index is 1.47. The maximum atomic E-state index is 9.24. The van der Waals surface area contributed by atoms with E-state index in [1.165, 1.54) is 0 Å². The number of aromatic nitrogens is 4. The largest absolute Gasteiger partial charge is 0.351 e. The van der Waals surface area contributed by atoms with Crippen LogP contribution in [-0.2, 0) is 0 Å². The molecule has 2 atom stereocenters. The predicted octanol–water partition coefficient (Wildman–Crippen LogP) is 0.843. The highest BCUT2D eigenvalue weighted by Gasteiger charge is 2.37. The van der Waals surface area contributed by atoms with Crippen molar-refractivity contribution in [3.63, 3.8) is 0 Å². The summed E-state index contributed by atoms with van der Waals surface area (Å²) in [7, 11) is 0. The number of hydrogen-bond acceptors (Lipinski definition) is 7. The van der Waals surface area contributed by atoms with Gasteiger partial charge in [-0.1, -0.05) is 5.92 Å². The van der Waals surface area contributed by atoms with Crippen molar-refractivity contribution in [1.82, 2.24) is 24.8 Å². The highest BCUT2D eigenvalue weighted by atomic mass is 15.3. The summed E-state index contributed by atoms with van der Waals surface area (Å²) in [6, 6.07) is 4.60. The maximum Gasteiger partial charge on any atom is 0.204 e. The van der Waals surface area contributed by atoms with Crippen LogP contribution in [-0.4, -0.2) is 56.6 Å². The topological polar surface area (TPSA) is 81.8 Å². The van der Waals surface area contributed by atoms with Gasteiger partial charge < -0.3 is 4.90 Å². The third kappa shape index (κ3) is 3.15. The van der Waals surface area contributed by atoms with E-state index in [-0.39, 0.29) is 6.04 Å². The van der Waals surface area contributed by atoms with Crippen molar-refractivity contribution >= 4 is 5.82 Å². The van der Waals surface area contributed by atoms with Gasteiger partial charge in [0.15, 0.2) is 11.5 Å². The van der Waals surface area contributed by atoms with Crippen LogP contribution in [0.1, 0.15) is 24.4 Å². The molecule has 0 aromatic carbocycles. The number of nitrogens with zero attached hydrogens (tertiary/aromatic N) is 7. The van der Waals surface area contributed by atoms with Gasteiger partial charge in [0.1, 0.15) is 6.07 Å². The van der Waals surface area contributed by atoms with Gasteiger partial charge in [0.2, 0.25) is 5.82 Å². The lowest BCUT2D eigenvalue weighted by Gasteiger charge is -2.39. The van der Waals surface area contributed by atoms with Crippen molar-refractivity contribution in [2.24, 2.45) is 0 Å². The van der Waals surface area contributed by atoms with E-state index in [1.54, 1.807) is 30.9 Å². The first kappa shape index (κ1) is 15.5. The molecule has 0 N–H and O–H groups in total. The summed E-state index contributed by atoms with van der Waals surface area (Å²) < 4.78 is 0. The van der Waals surface area contributed by atoms with Crippen LogP contribution in [0.4, 0.5) is 5.82 Å². The Morgan fingerprint density at radius 3 is 2.68 bits per heavy atom. The summed E-state index contributed by atoms with van der Waals surface area (Å²) in [5, 5.41) is 9.24. The first-order valence-electron chi connectivity index (χ1n) is 8.35. The molecule has 7 heteroatoms. The second kappa shape index (κ2) is 6.84. The van der Waals surface area contributed by atoms with Gasteiger partial charge in [-0.2, -0.15) is 5.26 Å². The molecule has 124 valence electrons. The molecule has 2 saturated heterocycles. The van der Waals surface area contributed by atoms with Gasteiger partial charge >= 0.3 is 0 Å². The van der Waals surface area contributed by atoms with Crippen LogP contribution in [0.15, 0.2) is 30.9 Å². The molecule has 0 bridgehead atoms. The lowest BCUT2D eigenvalue weighted by atomic mass is 10.1. The standard InChI is InChI=1S/C18H17N7/c19-12-16-18(23-9-8-20-16)24-10-11-25-14(2-3-15(25)13-24)4-5-17-21-6-1-7-22-17/h1,6-9,14-15H,2-3,10-11,13H2/t14-,15+/m1/s1. The van der Waals surface area contributed by atoms with Crippen molar-refractivity contribution in [3.05, 3.63) is 42.4 Å². The molecular weight excluding hydrogens is 314 g/mol. The average Bonchev–Trinajstić information content (AvgIpc) is 3.09. The SMILES string of the molecule is N#Cc1nccnc1N1CCN2[C@@H](CC[C@@H]2C#Cc2ncccn2)C1. The normalized spacial score (nSPS) is 22.6. The summed E-state index contributed by atoms with van der Waals surface area (Å²) in [5.41, 5.74) is 0.395. The first-order valence-corrected chi connectivity index (χ1v) is 8.35. The maximum absolute atomic E-state index is 9.24. The van der Waals surface area contributed by atoms with Crippen molar-refractivity contribution in [2.45, 2.75) is 24.9 Å². The fourth-order valence-corrected chi connectivity index (χ4v) is 3.55. The van der Waals surface area contributed by atoms with Gasteiger partial charge in [-0.3, -0.25) is 4.90 Å². The van der Waals surface area contributed by atoms with E-state index in [1.807, 2.05) is 0 Å². The van der Waals surface area contributed by atoms with Crippen molar-refractivity contribution in [2.75, 3.05) is 24.5 Å². The Kier molecular flexibility index (Phi) is 4.24. The molecule has 4 rings (SSSR count). The lowest BCUT2D eigenvalue weighted by molar-refractivity contribution is 0.202. The molecule has 4 heterocycles. The summed E-state index contributed by atoms with van der Waals surface area (Å²) in [6.45, 7) is 2.58. The molecule has 2 aliphatic heterocycles. The van der Waals surface area contributed by atoms with Gasteiger partial charge in [0, 0.05) is 50.5 Å². The molecule has 25 heavy (non-hydrogen) atoms. The van der Waals surface area contributed by atoms with Crippen LogP contribution >= 0.6 is 0 Å². The quantitative estimate of drug-likeness (QED) is 0.716. The van der Waals surface area contributed by atoms with E-state index < -0.39 is 0 Å². The van der Waals surface area contributed by atoms with Gasteiger partial charge in [-0.15, -0.1) is 0 Å². The van der Waals surface area contributed by atoms with Crippen LogP contribution in [0.2, 0.25) is 0 Å².